The van der Waals surface area contributed by atoms with Crippen molar-refractivity contribution in [1.82, 2.24) is 19.5 Å². The van der Waals surface area contributed by atoms with E-state index in [1.165, 1.54) is 12.4 Å². The number of hydrogen-bond donors (Lipinski definition) is 4. The van der Waals surface area contributed by atoms with Crippen LogP contribution in [0.2, 0.25) is 0 Å². The third kappa shape index (κ3) is 8.01. The molecule has 0 saturated heterocycles. The molecule has 68 heavy (non-hydrogen) atoms. The van der Waals surface area contributed by atoms with Crippen LogP contribution in [-0.4, -0.2) is 31.9 Å². The van der Waals surface area contributed by atoms with E-state index in [0.29, 0.717) is 28.8 Å². The Labute approximate surface area is 393 Å². The number of nitrogens with zero attached hydrogens (tertiary/aromatic N) is 5. The monoisotopic (exact) mass is 877 g/mol. The number of rotatable bonds is 13. The Balaban J connectivity index is 0.947. The fourth-order valence-electron chi connectivity index (χ4n) is 8.82. The van der Waals surface area contributed by atoms with Gasteiger partial charge in [0.2, 0.25) is 5.95 Å². The molecule has 2 aromatic heterocycles. The van der Waals surface area contributed by atoms with Gasteiger partial charge in [0.25, 0.3) is 0 Å². The van der Waals surface area contributed by atoms with Gasteiger partial charge in [0.1, 0.15) is 0 Å². The lowest BCUT2D eigenvalue weighted by Gasteiger charge is -2.25. The Kier molecular flexibility index (Phi) is 11.0. The van der Waals surface area contributed by atoms with Crippen LogP contribution in [0.15, 0.2) is 224 Å². The molecule has 11 aromatic rings. The average molecular weight is 878 g/mol. The number of para-hydroxylation sites is 3. The first-order valence-electron chi connectivity index (χ1n) is 22.3. The Bertz CT molecular complexity index is 3480. The molecular formula is C59H43N9. The molecule has 0 atom stereocenters. The summed E-state index contributed by atoms with van der Waals surface area (Å²) in [5, 5.41) is 26.4. The van der Waals surface area contributed by atoms with E-state index >= 15 is 0 Å². The van der Waals surface area contributed by atoms with Crippen molar-refractivity contribution in [3.8, 4) is 39.6 Å². The molecule has 4 N–H and O–H groups in total. The van der Waals surface area contributed by atoms with Crippen molar-refractivity contribution in [2.45, 2.75) is 0 Å². The number of benzene rings is 9. The number of aromatic nitrogens is 4. The average Bonchev–Trinajstić information content (AvgIpc) is 3.74. The quantitative estimate of drug-likeness (QED) is 0.0857. The first kappa shape index (κ1) is 41.2. The minimum Gasteiger partial charge on any atom is -0.355 e. The van der Waals surface area contributed by atoms with Crippen molar-refractivity contribution in [2.75, 3.05) is 15.5 Å². The summed E-state index contributed by atoms with van der Waals surface area (Å²) in [7, 11) is 0. The van der Waals surface area contributed by atoms with Crippen molar-refractivity contribution in [3.63, 3.8) is 0 Å². The highest BCUT2D eigenvalue weighted by Crippen LogP contribution is 2.40. The molecule has 324 valence electrons. The van der Waals surface area contributed by atoms with Crippen LogP contribution in [0, 0.1) is 10.8 Å². The van der Waals surface area contributed by atoms with E-state index < -0.39 is 0 Å². The maximum absolute atomic E-state index is 8.88. The molecule has 11 rings (SSSR count). The zero-order valence-corrected chi connectivity index (χ0v) is 36.8. The molecule has 2 heterocycles. The molecule has 0 radical (unpaired) electrons. The lowest BCUT2D eigenvalue weighted by atomic mass is 9.99. The summed E-state index contributed by atoms with van der Waals surface area (Å²) >= 11 is 0. The van der Waals surface area contributed by atoms with Crippen LogP contribution in [0.25, 0.3) is 61.4 Å². The summed E-state index contributed by atoms with van der Waals surface area (Å²) in [5.41, 5.74) is 13.7. The maximum atomic E-state index is 8.88. The molecule has 9 nitrogen and oxygen atoms in total. The van der Waals surface area contributed by atoms with Gasteiger partial charge in [0, 0.05) is 79.6 Å². The lowest BCUT2D eigenvalue weighted by Crippen LogP contribution is -2.09. The van der Waals surface area contributed by atoms with Crippen molar-refractivity contribution in [2.24, 2.45) is 0 Å². The highest BCUT2D eigenvalue weighted by Gasteiger charge is 2.20. The summed E-state index contributed by atoms with van der Waals surface area (Å²) in [6, 6.07) is 75.9. The first-order valence-corrected chi connectivity index (χ1v) is 22.3. The smallest absolute Gasteiger partial charge is 0.231 e. The molecular weight excluding hydrogens is 835 g/mol. The topological polar surface area (TPSA) is 119 Å². The van der Waals surface area contributed by atoms with Gasteiger partial charge >= 0.3 is 0 Å². The predicted octanol–water partition coefficient (Wildman–Crippen LogP) is 14.9. The molecule has 0 amide bonds. The standard InChI is InChI=1S/C59H43N9/c60-38-44-36-42(26-33-53(44)62-45-28-30-49(31-29-45)67(46-20-10-3-11-21-46)47-22-12-4-13-23-47)43-27-35-55-51(37-43)50-32-34-54(52(39-61)56(50)68(55)48-24-14-5-15-25-48)63-59-65-57(40-16-6-1-7-17-40)64-58(66-59)41-18-8-2-9-19-41/h1-39,60-62H,(H,63,64,65,66). The van der Waals surface area contributed by atoms with E-state index in [1.54, 1.807) is 0 Å². The van der Waals surface area contributed by atoms with Crippen molar-refractivity contribution in [3.05, 3.63) is 236 Å². The van der Waals surface area contributed by atoms with Crippen molar-refractivity contribution < 1.29 is 0 Å². The molecule has 0 unspecified atom stereocenters. The third-order valence-corrected chi connectivity index (χ3v) is 12.0. The molecule has 0 aliphatic carbocycles. The highest BCUT2D eigenvalue weighted by atomic mass is 15.2. The molecule has 0 aliphatic rings. The van der Waals surface area contributed by atoms with Gasteiger partial charge in [-0.05, 0) is 102 Å². The highest BCUT2D eigenvalue weighted by molar-refractivity contribution is 6.17. The Morgan fingerprint density at radius 1 is 0.426 bits per heavy atom. The maximum Gasteiger partial charge on any atom is 0.231 e. The van der Waals surface area contributed by atoms with Crippen LogP contribution < -0.4 is 15.5 Å². The van der Waals surface area contributed by atoms with Gasteiger partial charge in [0.15, 0.2) is 11.6 Å². The van der Waals surface area contributed by atoms with E-state index in [-0.39, 0.29) is 0 Å². The summed E-state index contributed by atoms with van der Waals surface area (Å²) in [6.07, 6.45) is 2.80. The van der Waals surface area contributed by atoms with Gasteiger partial charge in [-0.25, -0.2) is 4.98 Å². The zero-order chi connectivity index (χ0) is 45.8. The third-order valence-electron chi connectivity index (χ3n) is 12.0. The SMILES string of the molecule is N=Cc1cc(-c2ccc3c(c2)c2ccc(Nc4nc(-c5ccccc5)nc(-c5ccccc5)n4)c(C=N)c2n3-c2ccccc2)ccc1Nc1ccc(N(c2ccccc2)c2ccccc2)cc1. The second kappa shape index (κ2) is 18.2. The number of fused-ring (bicyclic) bond motifs is 3. The van der Waals surface area contributed by atoms with E-state index in [4.69, 9.17) is 25.8 Å². The summed E-state index contributed by atoms with van der Waals surface area (Å²) in [5.74, 6) is 1.47. The van der Waals surface area contributed by atoms with Crippen LogP contribution in [0.5, 0.6) is 0 Å². The van der Waals surface area contributed by atoms with Gasteiger partial charge in [-0.2, -0.15) is 9.97 Å². The summed E-state index contributed by atoms with van der Waals surface area (Å²) < 4.78 is 2.22. The fourth-order valence-corrected chi connectivity index (χ4v) is 8.82. The van der Waals surface area contributed by atoms with Crippen molar-refractivity contribution >= 4 is 74.3 Å². The number of nitrogens with one attached hydrogen (secondary N) is 4. The molecule has 0 aliphatic heterocycles. The van der Waals surface area contributed by atoms with E-state index in [9.17, 15) is 0 Å². The van der Waals surface area contributed by atoms with Gasteiger partial charge in [-0.15, -0.1) is 0 Å². The number of hydrogen-bond acceptors (Lipinski definition) is 8. The van der Waals surface area contributed by atoms with Crippen LogP contribution in [0.1, 0.15) is 11.1 Å². The minimum atomic E-state index is 0.375. The largest absolute Gasteiger partial charge is 0.355 e. The molecule has 0 fully saturated rings. The normalized spacial score (nSPS) is 11.1. The Morgan fingerprint density at radius 3 is 1.54 bits per heavy atom. The second-order valence-electron chi connectivity index (χ2n) is 16.3. The van der Waals surface area contributed by atoms with Crippen LogP contribution in [0.4, 0.5) is 40.1 Å². The van der Waals surface area contributed by atoms with Gasteiger partial charge < -0.3 is 30.9 Å². The van der Waals surface area contributed by atoms with E-state index in [0.717, 1.165) is 83.7 Å². The van der Waals surface area contributed by atoms with Crippen LogP contribution in [0.3, 0.4) is 0 Å². The lowest BCUT2D eigenvalue weighted by molar-refractivity contribution is 1.07. The Hall–Kier alpha value is -9.47. The van der Waals surface area contributed by atoms with Crippen LogP contribution in [-0.2, 0) is 0 Å². The molecule has 0 spiro atoms. The van der Waals surface area contributed by atoms with Gasteiger partial charge in [-0.1, -0.05) is 133 Å². The summed E-state index contributed by atoms with van der Waals surface area (Å²) in [4.78, 5) is 16.9. The molecule has 0 bridgehead atoms. The van der Waals surface area contributed by atoms with Crippen molar-refractivity contribution in [1.29, 1.82) is 10.8 Å². The predicted molar refractivity (Wildman–Crippen MR) is 280 cm³/mol. The zero-order valence-electron chi connectivity index (χ0n) is 36.8. The van der Waals surface area contributed by atoms with E-state index in [2.05, 4.69) is 141 Å². The first-order chi connectivity index (χ1) is 33.6. The van der Waals surface area contributed by atoms with Gasteiger partial charge in [-0.3, -0.25) is 0 Å². The Morgan fingerprint density at radius 2 is 0.956 bits per heavy atom. The van der Waals surface area contributed by atoms with E-state index in [1.807, 2.05) is 103 Å². The fraction of sp³-hybridized carbons (Fsp3) is 0. The van der Waals surface area contributed by atoms with Gasteiger partial charge in [0.05, 0.1) is 16.7 Å². The molecule has 9 heteroatoms. The minimum absolute atomic E-state index is 0.375. The molecule has 0 saturated carbocycles. The van der Waals surface area contributed by atoms with Crippen LogP contribution >= 0.6 is 0 Å². The number of anilines is 7. The molecule has 9 aromatic carbocycles. The second-order valence-corrected chi connectivity index (χ2v) is 16.3. The summed E-state index contributed by atoms with van der Waals surface area (Å²) in [6.45, 7) is 0.